The number of nitrogens with one attached hydrogen (secondary N) is 1. The number of hydrogen-bond donors (Lipinski definition) is 2. The highest BCUT2D eigenvalue weighted by Gasteiger charge is 2.37. The highest BCUT2D eigenvalue weighted by molar-refractivity contribution is 5.88. The van der Waals surface area contributed by atoms with Crippen LogP contribution < -0.4 is 11.1 Å². The van der Waals surface area contributed by atoms with Gasteiger partial charge in [-0.3, -0.25) is 4.79 Å². The number of primary amides is 1. The lowest BCUT2D eigenvalue weighted by Crippen LogP contribution is -2.51. The second kappa shape index (κ2) is 6.26. The van der Waals surface area contributed by atoms with Crippen molar-refractivity contribution in [3.63, 3.8) is 0 Å². The molecule has 3 rings (SSSR count). The van der Waals surface area contributed by atoms with Crippen LogP contribution in [-0.2, 0) is 11.3 Å². The molecule has 0 unspecified atom stereocenters. The van der Waals surface area contributed by atoms with Gasteiger partial charge in [-0.25, -0.2) is 0 Å². The van der Waals surface area contributed by atoms with E-state index in [2.05, 4.69) is 22.0 Å². The summed E-state index contributed by atoms with van der Waals surface area (Å²) in [7, 11) is 0. The van der Waals surface area contributed by atoms with Gasteiger partial charge in [0, 0.05) is 18.9 Å². The Morgan fingerprint density at radius 1 is 1.14 bits per heavy atom. The zero-order valence-electron chi connectivity index (χ0n) is 12.8. The van der Waals surface area contributed by atoms with Gasteiger partial charge >= 0.3 is 0 Å². The van der Waals surface area contributed by atoms with Crippen molar-refractivity contribution in [1.29, 1.82) is 0 Å². The Morgan fingerprint density at radius 3 is 2.55 bits per heavy atom. The van der Waals surface area contributed by atoms with Gasteiger partial charge < -0.3 is 15.6 Å². The van der Waals surface area contributed by atoms with Crippen LogP contribution in [0.4, 0.5) is 5.69 Å². The van der Waals surface area contributed by atoms with E-state index in [9.17, 15) is 4.79 Å². The predicted octanol–water partition coefficient (Wildman–Crippen LogP) is 3.14. The third-order valence-corrected chi connectivity index (χ3v) is 4.52. The molecule has 1 aromatic carbocycles. The molecule has 1 aliphatic rings. The summed E-state index contributed by atoms with van der Waals surface area (Å²) in [6.45, 7) is 0.825. The summed E-state index contributed by atoms with van der Waals surface area (Å²) < 4.78 is 2.12. The Morgan fingerprint density at radius 2 is 1.86 bits per heavy atom. The quantitative estimate of drug-likeness (QED) is 0.890. The number of carbonyl (C=O) groups is 1. The van der Waals surface area contributed by atoms with Crippen LogP contribution in [-0.4, -0.2) is 16.0 Å². The lowest BCUT2D eigenvalue weighted by Gasteiger charge is -2.35. The molecule has 0 bridgehead atoms. The molecule has 1 amide bonds. The maximum atomic E-state index is 11.9. The maximum absolute atomic E-state index is 11.9. The fourth-order valence-electron chi connectivity index (χ4n) is 3.27. The summed E-state index contributed by atoms with van der Waals surface area (Å²) in [4.78, 5) is 11.9. The van der Waals surface area contributed by atoms with E-state index in [1.165, 1.54) is 12.0 Å². The summed E-state index contributed by atoms with van der Waals surface area (Å²) in [6, 6.07) is 12.3. The molecule has 1 saturated carbocycles. The SMILES string of the molecule is NC(=O)C1(Nc2ccn(Cc3ccccc3)c2)CCCCC1. The van der Waals surface area contributed by atoms with E-state index in [-0.39, 0.29) is 5.91 Å². The minimum atomic E-state index is -0.572. The number of aromatic nitrogens is 1. The first kappa shape index (κ1) is 14.7. The normalized spacial score (nSPS) is 17.1. The van der Waals surface area contributed by atoms with E-state index < -0.39 is 5.54 Å². The Labute approximate surface area is 131 Å². The lowest BCUT2D eigenvalue weighted by atomic mass is 9.81. The van der Waals surface area contributed by atoms with Crippen LogP contribution in [0, 0.1) is 0 Å². The van der Waals surface area contributed by atoms with Gasteiger partial charge in [0.2, 0.25) is 5.91 Å². The zero-order chi connectivity index (χ0) is 15.4. The second-order valence-electron chi connectivity index (χ2n) is 6.19. The molecule has 1 heterocycles. The fourth-order valence-corrected chi connectivity index (χ4v) is 3.27. The minimum Gasteiger partial charge on any atom is -0.370 e. The number of rotatable bonds is 5. The lowest BCUT2D eigenvalue weighted by molar-refractivity contribution is -0.123. The molecule has 0 saturated heterocycles. The zero-order valence-corrected chi connectivity index (χ0v) is 12.8. The van der Waals surface area contributed by atoms with Gasteiger partial charge in [0.1, 0.15) is 5.54 Å². The molecule has 0 atom stereocenters. The number of hydrogen-bond acceptors (Lipinski definition) is 2. The van der Waals surface area contributed by atoms with Gasteiger partial charge in [-0.2, -0.15) is 0 Å². The summed E-state index contributed by atoms with van der Waals surface area (Å²) in [5.74, 6) is -0.233. The number of carbonyl (C=O) groups excluding carboxylic acids is 1. The summed E-state index contributed by atoms with van der Waals surface area (Å²) in [5, 5.41) is 3.40. The molecule has 22 heavy (non-hydrogen) atoms. The summed E-state index contributed by atoms with van der Waals surface area (Å²) >= 11 is 0. The maximum Gasteiger partial charge on any atom is 0.243 e. The largest absolute Gasteiger partial charge is 0.370 e. The number of anilines is 1. The first-order valence-corrected chi connectivity index (χ1v) is 7.96. The minimum absolute atomic E-state index is 0.233. The summed E-state index contributed by atoms with van der Waals surface area (Å²) in [5.41, 5.74) is 7.33. The van der Waals surface area contributed by atoms with Crippen molar-refractivity contribution in [2.45, 2.75) is 44.2 Å². The highest BCUT2D eigenvalue weighted by Crippen LogP contribution is 2.31. The third kappa shape index (κ3) is 3.16. The van der Waals surface area contributed by atoms with Crippen LogP contribution in [0.3, 0.4) is 0 Å². The van der Waals surface area contributed by atoms with Crippen LogP contribution in [0.25, 0.3) is 0 Å². The monoisotopic (exact) mass is 297 g/mol. The number of benzene rings is 1. The molecule has 116 valence electrons. The third-order valence-electron chi connectivity index (χ3n) is 4.52. The number of nitrogens with two attached hydrogens (primary N) is 1. The van der Waals surface area contributed by atoms with Gasteiger partial charge in [-0.15, -0.1) is 0 Å². The van der Waals surface area contributed by atoms with Crippen molar-refractivity contribution in [2.75, 3.05) is 5.32 Å². The van der Waals surface area contributed by atoms with Gasteiger partial charge in [-0.1, -0.05) is 49.6 Å². The molecule has 3 N–H and O–H groups in total. The van der Waals surface area contributed by atoms with E-state index in [0.29, 0.717) is 0 Å². The molecule has 1 fully saturated rings. The van der Waals surface area contributed by atoms with Crippen molar-refractivity contribution in [3.05, 3.63) is 54.4 Å². The molecule has 1 aromatic heterocycles. The van der Waals surface area contributed by atoms with Crippen molar-refractivity contribution in [2.24, 2.45) is 5.73 Å². The van der Waals surface area contributed by atoms with Crippen LogP contribution in [0.5, 0.6) is 0 Å². The van der Waals surface area contributed by atoms with Crippen molar-refractivity contribution < 1.29 is 4.79 Å². The number of amides is 1. The Hall–Kier alpha value is -2.23. The van der Waals surface area contributed by atoms with E-state index in [0.717, 1.165) is 37.9 Å². The van der Waals surface area contributed by atoms with Gasteiger partial charge in [-0.05, 0) is 24.5 Å². The van der Waals surface area contributed by atoms with Gasteiger partial charge in [0.25, 0.3) is 0 Å². The van der Waals surface area contributed by atoms with E-state index in [1.54, 1.807) is 0 Å². The van der Waals surface area contributed by atoms with E-state index >= 15 is 0 Å². The molecule has 0 spiro atoms. The Balaban J connectivity index is 1.72. The molecule has 2 aromatic rings. The molecule has 0 radical (unpaired) electrons. The fraction of sp³-hybridized carbons (Fsp3) is 0.389. The smallest absolute Gasteiger partial charge is 0.243 e. The van der Waals surface area contributed by atoms with Crippen LogP contribution in [0.15, 0.2) is 48.8 Å². The molecular formula is C18H23N3O. The first-order valence-electron chi connectivity index (χ1n) is 7.96. The van der Waals surface area contributed by atoms with Gasteiger partial charge in [0.15, 0.2) is 0 Å². The predicted molar refractivity (Wildman–Crippen MR) is 88.6 cm³/mol. The Bertz CT molecular complexity index is 627. The molecule has 0 aliphatic heterocycles. The van der Waals surface area contributed by atoms with Gasteiger partial charge in [0.05, 0.1) is 5.69 Å². The van der Waals surface area contributed by atoms with E-state index in [1.807, 2.05) is 36.7 Å². The molecule has 4 heteroatoms. The molecule has 4 nitrogen and oxygen atoms in total. The average Bonchev–Trinajstić information content (AvgIpc) is 2.96. The van der Waals surface area contributed by atoms with Crippen LogP contribution >= 0.6 is 0 Å². The van der Waals surface area contributed by atoms with Crippen molar-refractivity contribution >= 4 is 11.6 Å². The second-order valence-corrected chi connectivity index (χ2v) is 6.19. The number of nitrogens with zero attached hydrogens (tertiary/aromatic N) is 1. The molecular weight excluding hydrogens is 274 g/mol. The summed E-state index contributed by atoms with van der Waals surface area (Å²) in [6.07, 6.45) is 9.03. The van der Waals surface area contributed by atoms with Crippen molar-refractivity contribution in [1.82, 2.24) is 4.57 Å². The first-order chi connectivity index (χ1) is 10.7. The topological polar surface area (TPSA) is 60.1 Å². The van der Waals surface area contributed by atoms with Crippen LogP contribution in [0.1, 0.15) is 37.7 Å². The standard InChI is InChI=1S/C18H23N3O/c19-17(22)18(10-5-2-6-11-18)20-16-9-12-21(14-16)13-15-7-3-1-4-8-15/h1,3-4,7-9,12,14,20H,2,5-6,10-11,13H2,(H2,19,22). The van der Waals surface area contributed by atoms with E-state index in [4.69, 9.17) is 5.73 Å². The highest BCUT2D eigenvalue weighted by atomic mass is 16.1. The molecule has 1 aliphatic carbocycles. The van der Waals surface area contributed by atoms with Crippen molar-refractivity contribution in [3.8, 4) is 0 Å². The average molecular weight is 297 g/mol. The Kier molecular flexibility index (Phi) is 4.18. The van der Waals surface area contributed by atoms with Crippen LogP contribution in [0.2, 0.25) is 0 Å².